The van der Waals surface area contributed by atoms with E-state index in [-0.39, 0.29) is 5.91 Å². The van der Waals surface area contributed by atoms with E-state index in [0.717, 1.165) is 30.5 Å². The molecule has 1 unspecified atom stereocenters. The Morgan fingerprint density at radius 1 is 1.50 bits per heavy atom. The Kier molecular flexibility index (Phi) is 3.49. The Morgan fingerprint density at radius 2 is 2.35 bits per heavy atom. The van der Waals surface area contributed by atoms with Crippen LogP contribution in [0.15, 0.2) is 28.8 Å². The van der Waals surface area contributed by atoms with Crippen LogP contribution in [-0.4, -0.2) is 11.1 Å². The lowest BCUT2D eigenvalue weighted by Gasteiger charge is -2.16. The molecular weight excluding hydrogens is 276 g/mol. The highest BCUT2D eigenvalue weighted by molar-refractivity contribution is 6.31. The normalized spacial score (nSPS) is 17.6. The average molecular weight is 291 g/mol. The number of fused-ring (bicyclic) bond motifs is 1. The maximum atomic E-state index is 12.2. The van der Waals surface area contributed by atoms with Crippen molar-refractivity contribution in [3.05, 3.63) is 46.1 Å². The van der Waals surface area contributed by atoms with Crippen molar-refractivity contribution >= 4 is 23.4 Å². The van der Waals surface area contributed by atoms with Gasteiger partial charge in [0.1, 0.15) is 0 Å². The van der Waals surface area contributed by atoms with Gasteiger partial charge in [-0.1, -0.05) is 29.7 Å². The van der Waals surface area contributed by atoms with E-state index in [1.165, 1.54) is 0 Å². The molecule has 1 aliphatic rings. The SMILES string of the molecule is CC1CCc2noc(NC(=O)c3cccc(Cl)c3)c2C1. The minimum Gasteiger partial charge on any atom is -0.338 e. The second kappa shape index (κ2) is 5.29. The van der Waals surface area contributed by atoms with Crippen molar-refractivity contribution in [2.75, 3.05) is 5.32 Å². The van der Waals surface area contributed by atoms with Gasteiger partial charge in [-0.05, 0) is 43.4 Å². The van der Waals surface area contributed by atoms with E-state index in [9.17, 15) is 4.79 Å². The Morgan fingerprint density at radius 3 is 3.15 bits per heavy atom. The van der Waals surface area contributed by atoms with Crippen molar-refractivity contribution in [2.45, 2.75) is 26.2 Å². The predicted molar refractivity (Wildman–Crippen MR) is 77.1 cm³/mol. The molecule has 0 saturated heterocycles. The highest BCUT2D eigenvalue weighted by atomic mass is 35.5. The molecule has 1 aromatic carbocycles. The number of carbonyl (C=O) groups excluding carboxylic acids is 1. The third-order valence-electron chi connectivity index (χ3n) is 3.61. The van der Waals surface area contributed by atoms with E-state index in [2.05, 4.69) is 17.4 Å². The number of hydrogen-bond donors (Lipinski definition) is 1. The first-order valence-electron chi connectivity index (χ1n) is 6.68. The van der Waals surface area contributed by atoms with E-state index in [0.29, 0.717) is 22.4 Å². The molecule has 5 heteroatoms. The van der Waals surface area contributed by atoms with Crippen LogP contribution in [0.25, 0.3) is 0 Å². The summed E-state index contributed by atoms with van der Waals surface area (Å²) in [6, 6.07) is 6.82. The number of hydrogen-bond acceptors (Lipinski definition) is 3. The fourth-order valence-electron chi connectivity index (χ4n) is 2.49. The van der Waals surface area contributed by atoms with Gasteiger partial charge in [0.15, 0.2) is 0 Å². The lowest BCUT2D eigenvalue weighted by atomic mass is 9.89. The minimum absolute atomic E-state index is 0.232. The van der Waals surface area contributed by atoms with E-state index in [1.54, 1.807) is 24.3 Å². The molecular formula is C15H15ClN2O2. The molecule has 1 amide bonds. The fraction of sp³-hybridized carbons (Fsp3) is 0.333. The quantitative estimate of drug-likeness (QED) is 0.917. The lowest BCUT2D eigenvalue weighted by molar-refractivity contribution is 0.102. The summed E-state index contributed by atoms with van der Waals surface area (Å²) in [5, 5.41) is 7.36. The molecule has 1 atom stereocenters. The highest BCUT2D eigenvalue weighted by Crippen LogP contribution is 2.30. The van der Waals surface area contributed by atoms with Crippen LogP contribution in [0, 0.1) is 5.92 Å². The molecule has 0 spiro atoms. The topological polar surface area (TPSA) is 55.1 Å². The summed E-state index contributed by atoms with van der Waals surface area (Å²) in [6.45, 7) is 2.19. The van der Waals surface area contributed by atoms with Crippen LogP contribution in [0.4, 0.5) is 5.88 Å². The van der Waals surface area contributed by atoms with Gasteiger partial charge >= 0.3 is 0 Å². The van der Waals surface area contributed by atoms with E-state index >= 15 is 0 Å². The van der Waals surface area contributed by atoms with Crippen LogP contribution in [-0.2, 0) is 12.8 Å². The predicted octanol–water partition coefficient (Wildman–Crippen LogP) is 3.71. The number of anilines is 1. The Hall–Kier alpha value is -1.81. The van der Waals surface area contributed by atoms with Gasteiger partial charge in [-0.3, -0.25) is 10.1 Å². The number of carbonyl (C=O) groups is 1. The van der Waals surface area contributed by atoms with Crippen LogP contribution in [0.3, 0.4) is 0 Å². The van der Waals surface area contributed by atoms with Gasteiger partial charge in [-0.25, -0.2) is 0 Å². The first kappa shape index (κ1) is 13.2. The van der Waals surface area contributed by atoms with Crippen molar-refractivity contribution in [3.63, 3.8) is 0 Å². The fourth-order valence-corrected chi connectivity index (χ4v) is 2.68. The number of nitrogens with zero attached hydrogens (tertiary/aromatic N) is 1. The van der Waals surface area contributed by atoms with Crippen LogP contribution in [0.5, 0.6) is 0 Å². The maximum absolute atomic E-state index is 12.2. The van der Waals surface area contributed by atoms with Gasteiger partial charge in [0, 0.05) is 16.1 Å². The zero-order chi connectivity index (χ0) is 14.1. The zero-order valence-corrected chi connectivity index (χ0v) is 11.9. The summed E-state index contributed by atoms with van der Waals surface area (Å²) in [4.78, 5) is 12.2. The summed E-state index contributed by atoms with van der Waals surface area (Å²) < 4.78 is 5.27. The van der Waals surface area contributed by atoms with Crippen molar-refractivity contribution < 1.29 is 9.32 Å². The molecule has 20 heavy (non-hydrogen) atoms. The average Bonchev–Trinajstić information content (AvgIpc) is 2.81. The molecule has 0 fully saturated rings. The second-order valence-electron chi connectivity index (χ2n) is 5.25. The molecule has 0 bridgehead atoms. The smallest absolute Gasteiger partial charge is 0.258 e. The summed E-state index contributed by atoms with van der Waals surface area (Å²) in [5.74, 6) is 0.824. The number of rotatable bonds is 2. The molecule has 1 aliphatic carbocycles. The molecule has 1 aromatic heterocycles. The van der Waals surface area contributed by atoms with Gasteiger partial charge in [0.05, 0.1) is 5.69 Å². The maximum Gasteiger partial charge on any atom is 0.258 e. The Bertz CT molecular complexity index is 651. The molecule has 1 heterocycles. The van der Waals surface area contributed by atoms with Gasteiger partial charge < -0.3 is 4.52 Å². The molecule has 1 N–H and O–H groups in total. The zero-order valence-electron chi connectivity index (χ0n) is 11.1. The van der Waals surface area contributed by atoms with Crippen LogP contribution >= 0.6 is 11.6 Å². The summed E-state index contributed by atoms with van der Waals surface area (Å²) in [6.07, 6.45) is 2.91. The number of benzene rings is 1. The lowest BCUT2D eigenvalue weighted by Crippen LogP contribution is -2.15. The van der Waals surface area contributed by atoms with Crippen LogP contribution < -0.4 is 5.32 Å². The summed E-state index contributed by atoms with van der Waals surface area (Å²) >= 11 is 5.89. The van der Waals surface area contributed by atoms with E-state index < -0.39 is 0 Å². The summed E-state index contributed by atoms with van der Waals surface area (Å²) in [7, 11) is 0. The van der Waals surface area contributed by atoms with E-state index in [4.69, 9.17) is 16.1 Å². The highest BCUT2D eigenvalue weighted by Gasteiger charge is 2.24. The minimum atomic E-state index is -0.232. The number of nitrogens with one attached hydrogen (secondary N) is 1. The third-order valence-corrected chi connectivity index (χ3v) is 3.85. The first-order valence-corrected chi connectivity index (χ1v) is 7.05. The number of aromatic nitrogens is 1. The van der Waals surface area contributed by atoms with Crippen molar-refractivity contribution in [3.8, 4) is 0 Å². The molecule has 3 rings (SSSR count). The second-order valence-corrected chi connectivity index (χ2v) is 5.69. The molecule has 104 valence electrons. The van der Waals surface area contributed by atoms with Gasteiger partial charge in [0.2, 0.25) is 5.88 Å². The largest absolute Gasteiger partial charge is 0.338 e. The molecule has 2 aromatic rings. The van der Waals surface area contributed by atoms with Gasteiger partial charge in [-0.2, -0.15) is 0 Å². The molecule has 4 nitrogen and oxygen atoms in total. The van der Waals surface area contributed by atoms with E-state index in [1.807, 2.05) is 0 Å². The standard InChI is InChI=1S/C15H15ClN2O2/c1-9-5-6-13-12(7-9)15(20-18-13)17-14(19)10-3-2-4-11(16)8-10/h2-4,8-9H,5-7H2,1H3,(H,17,19). The third kappa shape index (κ3) is 2.56. The monoisotopic (exact) mass is 290 g/mol. The first-order chi connectivity index (χ1) is 9.63. The van der Waals surface area contributed by atoms with Gasteiger partial charge in [-0.15, -0.1) is 0 Å². The Balaban J connectivity index is 1.82. The molecule has 0 radical (unpaired) electrons. The number of amides is 1. The van der Waals surface area contributed by atoms with Crippen molar-refractivity contribution in [2.24, 2.45) is 5.92 Å². The van der Waals surface area contributed by atoms with Crippen molar-refractivity contribution in [1.29, 1.82) is 0 Å². The van der Waals surface area contributed by atoms with Crippen molar-refractivity contribution in [1.82, 2.24) is 5.16 Å². The molecule has 0 aliphatic heterocycles. The van der Waals surface area contributed by atoms with Gasteiger partial charge in [0.25, 0.3) is 5.91 Å². The molecule has 0 saturated carbocycles. The van der Waals surface area contributed by atoms with Crippen LogP contribution in [0.1, 0.15) is 35.0 Å². The summed E-state index contributed by atoms with van der Waals surface area (Å²) in [5.41, 5.74) is 2.50. The van der Waals surface area contributed by atoms with Crippen LogP contribution in [0.2, 0.25) is 5.02 Å². The number of aryl methyl sites for hydroxylation is 1. The number of halogens is 1. The Labute approximate surface area is 122 Å².